The molecule has 0 bridgehead atoms. The lowest BCUT2D eigenvalue weighted by molar-refractivity contribution is -0.121. The lowest BCUT2D eigenvalue weighted by Gasteiger charge is -2.16. The van der Waals surface area contributed by atoms with Crippen LogP contribution in [0, 0.1) is 0 Å². The molecule has 18 heavy (non-hydrogen) atoms. The highest BCUT2D eigenvalue weighted by Crippen LogP contribution is 2.28. The molecule has 1 unspecified atom stereocenters. The van der Waals surface area contributed by atoms with Crippen molar-refractivity contribution in [2.24, 2.45) is 0 Å². The third-order valence-electron chi connectivity index (χ3n) is 3.06. The molecule has 1 atom stereocenters. The standard InChI is InChI=1S/C13H17BrN2OS/c1-9(11-2-3-12(14)18-11)13(17)16-8-10-4-6-15-7-5-10/h2-4,9,15H,5-8H2,1H3,(H,16,17). The van der Waals surface area contributed by atoms with Crippen molar-refractivity contribution in [2.45, 2.75) is 19.3 Å². The van der Waals surface area contributed by atoms with Crippen molar-refractivity contribution < 1.29 is 4.79 Å². The Kier molecular flexibility index (Phi) is 4.97. The molecule has 0 radical (unpaired) electrons. The fourth-order valence-corrected chi connectivity index (χ4v) is 3.35. The first-order valence-electron chi connectivity index (χ1n) is 6.08. The SMILES string of the molecule is CC(C(=O)NCC1=CCNCC1)c1ccc(Br)s1. The van der Waals surface area contributed by atoms with E-state index in [1.807, 2.05) is 19.1 Å². The summed E-state index contributed by atoms with van der Waals surface area (Å²) in [6.45, 7) is 4.55. The van der Waals surface area contributed by atoms with E-state index in [9.17, 15) is 4.79 Å². The van der Waals surface area contributed by atoms with Gasteiger partial charge in [-0.2, -0.15) is 0 Å². The van der Waals surface area contributed by atoms with E-state index in [1.54, 1.807) is 11.3 Å². The summed E-state index contributed by atoms with van der Waals surface area (Å²) in [5.41, 5.74) is 1.32. The summed E-state index contributed by atoms with van der Waals surface area (Å²) in [6.07, 6.45) is 3.19. The first-order valence-corrected chi connectivity index (χ1v) is 7.69. The third kappa shape index (κ3) is 3.67. The summed E-state index contributed by atoms with van der Waals surface area (Å²) >= 11 is 5.04. The van der Waals surface area contributed by atoms with E-state index < -0.39 is 0 Å². The number of thiophene rings is 1. The summed E-state index contributed by atoms with van der Waals surface area (Å²) in [6, 6.07) is 3.99. The molecule has 0 saturated heterocycles. The number of amides is 1. The minimum atomic E-state index is -0.0800. The largest absolute Gasteiger partial charge is 0.352 e. The Hall–Kier alpha value is -0.650. The van der Waals surface area contributed by atoms with Crippen LogP contribution < -0.4 is 10.6 Å². The molecular formula is C13H17BrN2OS. The molecule has 0 fully saturated rings. The Morgan fingerprint density at radius 1 is 1.61 bits per heavy atom. The summed E-state index contributed by atoms with van der Waals surface area (Å²) < 4.78 is 1.07. The molecule has 1 aromatic rings. The molecule has 0 aliphatic carbocycles. The Labute approximate surface area is 120 Å². The van der Waals surface area contributed by atoms with Crippen molar-refractivity contribution in [1.82, 2.24) is 10.6 Å². The van der Waals surface area contributed by atoms with Crippen molar-refractivity contribution in [3.63, 3.8) is 0 Å². The zero-order valence-corrected chi connectivity index (χ0v) is 12.7. The van der Waals surface area contributed by atoms with Crippen molar-refractivity contribution >= 4 is 33.2 Å². The van der Waals surface area contributed by atoms with Gasteiger partial charge in [0.2, 0.25) is 5.91 Å². The molecular weight excluding hydrogens is 312 g/mol. The number of hydrogen-bond donors (Lipinski definition) is 2. The first kappa shape index (κ1) is 13.8. The van der Waals surface area contributed by atoms with Gasteiger partial charge < -0.3 is 10.6 Å². The van der Waals surface area contributed by atoms with Gasteiger partial charge in [-0.05, 0) is 48.0 Å². The Morgan fingerprint density at radius 3 is 3.06 bits per heavy atom. The van der Waals surface area contributed by atoms with E-state index in [1.165, 1.54) is 5.57 Å². The van der Waals surface area contributed by atoms with Gasteiger partial charge in [-0.1, -0.05) is 11.6 Å². The smallest absolute Gasteiger partial charge is 0.228 e. The second-order valence-electron chi connectivity index (χ2n) is 4.40. The van der Waals surface area contributed by atoms with Crippen LogP contribution in [0.25, 0.3) is 0 Å². The van der Waals surface area contributed by atoms with Gasteiger partial charge in [0.05, 0.1) is 9.70 Å². The molecule has 2 rings (SSSR count). The van der Waals surface area contributed by atoms with E-state index >= 15 is 0 Å². The van der Waals surface area contributed by atoms with Gasteiger partial charge in [0.25, 0.3) is 0 Å². The second kappa shape index (κ2) is 6.50. The van der Waals surface area contributed by atoms with Gasteiger partial charge in [-0.3, -0.25) is 4.79 Å². The molecule has 3 nitrogen and oxygen atoms in total. The van der Waals surface area contributed by atoms with Crippen molar-refractivity contribution in [2.75, 3.05) is 19.6 Å². The fourth-order valence-electron chi connectivity index (χ4n) is 1.87. The van der Waals surface area contributed by atoms with Gasteiger partial charge in [-0.25, -0.2) is 0 Å². The molecule has 1 aliphatic heterocycles. The van der Waals surface area contributed by atoms with E-state index in [0.717, 1.165) is 28.2 Å². The molecule has 2 heterocycles. The van der Waals surface area contributed by atoms with Crippen LogP contribution in [0.2, 0.25) is 0 Å². The van der Waals surface area contributed by atoms with E-state index in [0.29, 0.717) is 6.54 Å². The van der Waals surface area contributed by atoms with Crippen LogP contribution in [0.15, 0.2) is 27.6 Å². The predicted molar refractivity (Wildman–Crippen MR) is 79.0 cm³/mol. The number of rotatable bonds is 4. The highest BCUT2D eigenvalue weighted by Gasteiger charge is 2.17. The third-order valence-corrected chi connectivity index (χ3v) is 4.87. The van der Waals surface area contributed by atoms with Crippen LogP contribution in [-0.2, 0) is 4.79 Å². The topological polar surface area (TPSA) is 41.1 Å². The van der Waals surface area contributed by atoms with Crippen molar-refractivity contribution in [3.8, 4) is 0 Å². The quantitative estimate of drug-likeness (QED) is 0.834. The van der Waals surface area contributed by atoms with Crippen molar-refractivity contribution in [1.29, 1.82) is 0 Å². The Balaban J connectivity index is 1.86. The summed E-state index contributed by atoms with van der Waals surface area (Å²) in [4.78, 5) is 13.1. The molecule has 2 N–H and O–H groups in total. The van der Waals surface area contributed by atoms with Crippen LogP contribution in [0.1, 0.15) is 24.1 Å². The first-order chi connectivity index (χ1) is 8.66. The lowest BCUT2D eigenvalue weighted by Crippen LogP contribution is -2.32. The van der Waals surface area contributed by atoms with Crippen LogP contribution in [0.5, 0.6) is 0 Å². The number of nitrogens with one attached hydrogen (secondary N) is 2. The molecule has 5 heteroatoms. The maximum absolute atomic E-state index is 12.0. The van der Waals surface area contributed by atoms with Gasteiger partial charge in [0.1, 0.15) is 0 Å². The minimum Gasteiger partial charge on any atom is -0.352 e. The summed E-state index contributed by atoms with van der Waals surface area (Å²) in [5.74, 6) is 0.0207. The van der Waals surface area contributed by atoms with E-state index in [2.05, 4.69) is 32.6 Å². The second-order valence-corrected chi connectivity index (χ2v) is 6.89. The maximum atomic E-state index is 12.0. The molecule has 98 valence electrons. The predicted octanol–water partition coefficient (Wildman–Crippen LogP) is 2.65. The van der Waals surface area contributed by atoms with Crippen molar-refractivity contribution in [3.05, 3.63) is 32.4 Å². The number of halogens is 1. The van der Waals surface area contributed by atoms with Gasteiger partial charge in [-0.15, -0.1) is 11.3 Å². The van der Waals surface area contributed by atoms with Gasteiger partial charge in [0.15, 0.2) is 0 Å². The van der Waals surface area contributed by atoms with Crippen LogP contribution in [0.3, 0.4) is 0 Å². The minimum absolute atomic E-state index is 0.0800. The van der Waals surface area contributed by atoms with E-state index in [4.69, 9.17) is 0 Å². The van der Waals surface area contributed by atoms with Crippen LogP contribution >= 0.6 is 27.3 Å². The number of carbonyl (C=O) groups excluding carboxylic acids is 1. The summed E-state index contributed by atoms with van der Waals surface area (Å²) in [7, 11) is 0. The number of carbonyl (C=O) groups is 1. The highest BCUT2D eigenvalue weighted by atomic mass is 79.9. The zero-order chi connectivity index (χ0) is 13.0. The maximum Gasteiger partial charge on any atom is 0.228 e. The monoisotopic (exact) mass is 328 g/mol. The molecule has 0 spiro atoms. The van der Waals surface area contributed by atoms with Gasteiger partial charge in [0, 0.05) is 18.0 Å². The fraction of sp³-hybridized carbons (Fsp3) is 0.462. The molecule has 0 aromatic carbocycles. The van der Waals surface area contributed by atoms with Crippen LogP contribution in [-0.4, -0.2) is 25.5 Å². The average Bonchev–Trinajstić information content (AvgIpc) is 2.83. The molecule has 1 aliphatic rings. The lowest BCUT2D eigenvalue weighted by atomic mass is 10.1. The number of hydrogen-bond acceptors (Lipinski definition) is 3. The van der Waals surface area contributed by atoms with Gasteiger partial charge >= 0.3 is 0 Å². The molecule has 1 aromatic heterocycles. The summed E-state index contributed by atoms with van der Waals surface area (Å²) in [5, 5.41) is 6.28. The Morgan fingerprint density at radius 2 is 2.44 bits per heavy atom. The average molecular weight is 329 g/mol. The molecule has 1 amide bonds. The van der Waals surface area contributed by atoms with E-state index in [-0.39, 0.29) is 11.8 Å². The zero-order valence-electron chi connectivity index (χ0n) is 10.3. The molecule has 0 saturated carbocycles. The Bertz CT molecular complexity index is 456. The normalized spacial score (nSPS) is 17.1. The van der Waals surface area contributed by atoms with Crippen LogP contribution in [0.4, 0.5) is 0 Å². The highest BCUT2D eigenvalue weighted by molar-refractivity contribution is 9.11.